The summed E-state index contributed by atoms with van der Waals surface area (Å²) in [6.07, 6.45) is 0.821. The van der Waals surface area contributed by atoms with E-state index in [2.05, 4.69) is 5.32 Å². The molecule has 21 heavy (non-hydrogen) atoms. The standard InChI is InChI=1S/C16H17FN2O2/c1-3-15(12-6-4-11(2)5-7-12)18-13-8-9-16(19(20)21)14(17)10-13/h4-10,15,18H,3H2,1-2H3. The van der Waals surface area contributed by atoms with Crippen molar-refractivity contribution in [2.75, 3.05) is 5.32 Å². The molecule has 0 radical (unpaired) electrons. The van der Waals surface area contributed by atoms with E-state index >= 15 is 0 Å². The van der Waals surface area contributed by atoms with Crippen LogP contribution in [0.15, 0.2) is 42.5 Å². The van der Waals surface area contributed by atoms with Gasteiger partial charge in [-0.15, -0.1) is 0 Å². The zero-order valence-corrected chi connectivity index (χ0v) is 12.0. The molecule has 0 aliphatic rings. The van der Waals surface area contributed by atoms with E-state index in [1.54, 1.807) is 0 Å². The lowest BCUT2D eigenvalue weighted by Gasteiger charge is -2.19. The largest absolute Gasteiger partial charge is 0.378 e. The Hall–Kier alpha value is -2.43. The van der Waals surface area contributed by atoms with Crippen molar-refractivity contribution in [3.63, 3.8) is 0 Å². The quantitative estimate of drug-likeness (QED) is 0.646. The first-order valence-corrected chi connectivity index (χ1v) is 6.78. The van der Waals surface area contributed by atoms with Crippen LogP contribution >= 0.6 is 0 Å². The van der Waals surface area contributed by atoms with Crippen LogP contribution in [0.2, 0.25) is 0 Å². The van der Waals surface area contributed by atoms with Crippen LogP contribution in [0, 0.1) is 22.9 Å². The molecule has 0 aromatic heterocycles. The van der Waals surface area contributed by atoms with Gasteiger partial charge in [-0.1, -0.05) is 36.8 Å². The Bertz CT molecular complexity index is 641. The molecule has 0 heterocycles. The van der Waals surface area contributed by atoms with E-state index in [1.807, 2.05) is 38.1 Å². The summed E-state index contributed by atoms with van der Waals surface area (Å²) in [6, 6.07) is 12.0. The first-order valence-electron chi connectivity index (χ1n) is 6.78. The number of hydrogen-bond donors (Lipinski definition) is 1. The monoisotopic (exact) mass is 288 g/mol. The molecule has 0 fully saturated rings. The number of nitro benzene ring substituents is 1. The van der Waals surface area contributed by atoms with Gasteiger partial charge in [0.1, 0.15) is 0 Å². The zero-order chi connectivity index (χ0) is 15.4. The molecule has 0 saturated heterocycles. The highest BCUT2D eigenvalue weighted by molar-refractivity contribution is 5.51. The fourth-order valence-electron chi connectivity index (χ4n) is 2.17. The Morgan fingerprint density at radius 1 is 1.24 bits per heavy atom. The summed E-state index contributed by atoms with van der Waals surface area (Å²) in [5.74, 6) is -0.830. The average Bonchev–Trinajstić information content (AvgIpc) is 2.45. The first-order chi connectivity index (χ1) is 10.0. The van der Waals surface area contributed by atoms with Crippen LogP contribution in [0.1, 0.15) is 30.5 Å². The van der Waals surface area contributed by atoms with Gasteiger partial charge < -0.3 is 5.32 Å². The molecule has 0 spiro atoms. The number of aryl methyl sites for hydroxylation is 1. The molecule has 0 saturated carbocycles. The molecule has 5 heteroatoms. The lowest BCUT2D eigenvalue weighted by molar-refractivity contribution is -0.387. The number of rotatable bonds is 5. The van der Waals surface area contributed by atoms with Crippen molar-refractivity contribution in [1.82, 2.24) is 0 Å². The molecule has 1 unspecified atom stereocenters. The molecule has 0 aliphatic carbocycles. The Morgan fingerprint density at radius 2 is 1.90 bits per heavy atom. The van der Waals surface area contributed by atoms with Gasteiger partial charge in [0.2, 0.25) is 5.82 Å². The van der Waals surface area contributed by atoms with Gasteiger partial charge in [-0.2, -0.15) is 4.39 Å². The van der Waals surface area contributed by atoms with Crippen LogP contribution in [0.4, 0.5) is 15.8 Å². The van der Waals surface area contributed by atoms with Crippen molar-refractivity contribution < 1.29 is 9.31 Å². The van der Waals surface area contributed by atoms with Gasteiger partial charge in [-0.05, 0) is 25.0 Å². The van der Waals surface area contributed by atoms with Crippen LogP contribution in [-0.4, -0.2) is 4.92 Å². The molecular weight excluding hydrogens is 271 g/mol. The molecule has 2 rings (SSSR count). The molecular formula is C16H17FN2O2. The van der Waals surface area contributed by atoms with E-state index in [9.17, 15) is 14.5 Å². The number of benzene rings is 2. The zero-order valence-electron chi connectivity index (χ0n) is 12.0. The van der Waals surface area contributed by atoms with E-state index < -0.39 is 16.4 Å². The minimum atomic E-state index is -0.830. The van der Waals surface area contributed by atoms with Crippen molar-refractivity contribution in [2.45, 2.75) is 26.3 Å². The molecule has 4 nitrogen and oxygen atoms in total. The topological polar surface area (TPSA) is 55.2 Å². The van der Waals surface area contributed by atoms with Gasteiger partial charge in [-0.25, -0.2) is 0 Å². The Balaban J connectivity index is 2.20. The lowest BCUT2D eigenvalue weighted by atomic mass is 10.0. The highest BCUT2D eigenvalue weighted by Crippen LogP contribution is 2.26. The van der Waals surface area contributed by atoms with Crippen molar-refractivity contribution in [1.29, 1.82) is 0 Å². The normalized spacial score (nSPS) is 12.0. The number of halogens is 1. The van der Waals surface area contributed by atoms with Gasteiger partial charge in [-0.3, -0.25) is 10.1 Å². The summed E-state index contributed by atoms with van der Waals surface area (Å²) >= 11 is 0. The maximum absolute atomic E-state index is 13.6. The third-order valence-electron chi connectivity index (χ3n) is 3.37. The van der Waals surface area contributed by atoms with Gasteiger partial charge in [0.15, 0.2) is 0 Å². The van der Waals surface area contributed by atoms with E-state index in [4.69, 9.17) is 0 Å². The molecule has 2 aromatic carbocycles. The lowest BCUT2D eigenvalue weighted by Crippen LogP contribution is -2.10. The molecule has 0 aliphatic heterocycles. The van der Waals surface area contributed by atoms with Crippen LogP contribution in [0.25, 0.3) is 0 Å². The minimum absolute atomic E-state index is 0.0338. The van der Waals surface area contributed by atoms with Gasteiger partial charge in [0.05, 0.1) is 11.0 Å². The van der Waals surface area contributed by atoms with Gasteiger partial charge in [0.25, 0.3) is 0 Å². The van der Waals surface area contributed by atoms with Crippen molar-refractivity contribution in [3.05, 3.63) is 69.5 Å². The maximum atomic E-state index is 13.6. The summed E-state index contributed by atoms with van der Waals surface area (Å²) in [5, 5.41) is 13.8. The average molecular weight is 288 g/mol. The van der Waals surface area contributed by atoms with Gasteiger partial charge >= 0.3 is 5.69 Å². The number of nitrogens with zero attached hydrogens (tertiary/aromatic N) is 1. The predicted octanol–water partition coefficient (Wildman–Crippen LogP) is 4.61. The molecule has 0 amide bonds. The highest BCUT2D eigenvalue weighted by atomic mass is 19.1. The second kappa shape index (κ2) is 6.35. The second-order valence-electron chi connectivity index (χ2n) is 4.94. The smallest absolute Gasteiger partial charge is 0.304 e. The Morgan fingerprint density at radius 3 is 2.43 bits per heavy atom. The number of nitro groups is 1. The van der Waals surface area contributed by atoms with E-state index in [-0.39, 0.29) is 6.04 Å². The summed E-state index contributed by atoms with van der Waals surface area (Å²) in [6.45, 7) is 4.04. The van der Waals surface area contributed by atoms with E-state index in [1.165, 1.54) is 17.7 Å². The fraction of sp³-hybridized carbons (Fsp3) is 0.250. The van der Waals surface area contributed by atoms with E-state index in [0.717, 1.165) is 18.1 Å². The van der Waals surface area contributed by atoms with Crippen LogP contribution in [-0.2, 0) is 0 Å². The summed E-state index contributed by atoms with van der Waals surface area (Å²) in [7, 11) is 0. The van der Waals surface area contributed by atoms with Crippen molar-refractivity contribution in [3.8, 4) is 0 Å². The third-order valence-corrected chi connectivity index (χ3v) is 3.37. The molecule has 2 aromatic rings. The minimum Gasteiger partial charge on any atom is -0.378 e. The molecule has 1 atom stereocenters. The van der Waals surface area contributed by atoms with E-state index in [0.29, 0.717) is 5.69 Å². The second-order valence-corrected chi connectivity index (χ2v) is 4.94. The number of nitrogens with one attached hydrogen (secondary N) is 1. The predicted molar refractivity (Wildman–Crippen MR) is 80.9 cm³/mol. The van der Waals surface area contributed by atoms with Crippen LogP contribution in [0.3, 0.4) is 0 Å². The first kappa shape index (κ1) is 15.0. The highest BCUT2D eigenvalue weighted by Gasteiger charge is 2.15. The molecule has 0 bridgehead atoms. The Kier molecular flexibility index (Phi) is 4.52. The maximum Gasteiger partial charge on any atom is 0.304 e. The van der Waals surface area contributed by atoms with Crippen LogP contribution < -0.4 is 5.32 Å². The fourth-order valence-corrected chi connectivity index (χ4v) is 2.17. The van der Waals surface area contributed by atoms with Gasteiger partial charge in [0, 0.05) is 17.8 Å². The Labute approximate surface area is 122 Å². The summed E-state index contributed by atoms with van der Waals surface area (Å²) < 4.78 is 13.6. The molecule has 1 N–H and O–H groups in total. The summed E-state index contributed by atoms with van der Waals surface area (Å²) in [5.41, 5.74) is 2.30. The summed E-state index contributed by atoms with van der Waals surface area (Å²) in [4.78, 5) is 9.88. The molecule has 110 valence electrons. The third kappa shape index (κ3) is 3.56. The van der Waals surface area contributed by atoms with Crippen molar-refractivity contribution in [2.24, 2.45) is 0 Å². The SMILES string of the molecule is CCC(Nc1ccc([N+](=O)[O-])c(F)c1)c1ccc(C)cc1. The van der Waals surface area contributed by atoms with Crippen LogP contribution in [0.5, 0.6) is 0 Å². The van der Waals surface area contributed by atoms with Crippen molar-refractivity contribution >= 4 is 11.4 Å². The number of anilines is 1. The number of hydrogen-bond acceptors (Lipinski definition) is 3.